The zero-order valence-electron chi connectivity index (χ0n) is 16.6. The average molecular weight is 426 g/mol. The van der Waals surface area contributed by atoms with E-state index >= 15 is 0 Å². The highest BCUT2D eigenvalue weighted by Crippen LogP contribution is 2.23. The molecule has 2 aromatic carbocycles. The molecular weight excluding hydrogens is 402 g/mol. The van der Waals surface area contributed by atoms with Crippen molar-refractivity contribution in [2.45, 2.75) is 31.7 Å². The molecule has 1 saturated heterocycles. The van der Waals surface area contributed by atoms with Crippen molar-refractivity contribution in [3.05, 3.63) is 64.7 Å². The lowest BCUT2D eigenvalue weighted by atomic mass is 9.96. The molecule has 6 nitrogen and oxygen atoms in total. The van der Waals surface area contributed by atoms with E-state index in [-0.39, 0.29) is 23.6 Å². The molecule has 2 aromatic rings. The van der Waals surface area contributed by atoms with Gasteiger partial charge in [-0.1, -0.05) is 17.7 Å². The molecule has 1 aliphatic heterocycles. The number of halogens is 1. The SMILES string of the molecule is O=C(Nc1cccc(C(=O)N2CCCC(C(=O)NC3CC3)C2)c1)c1ccc(Cl)cc1. The first-order chi connectivity index (χ1) is 14.5. The summed E-state index contributed by atoms with van der Waals surface area (Å²) in [5, 5.41) is 6.41. The molecule has 1 aliphatic carbocycles. The summed E-state index contributed by atoms with van der Waals surface area (Å²) in [6.07, 6.45) is 3.71. The van der Waals surface area contributed by atoms with Gasteiger partial charge in [-0.05, 0) is 68.1 Å². The Morgan fingerprint density at radius 1 is 0.967 bits per heavy atom. The van der Waals surface area contributed by atoms with Crippen LogP contribution in [0.5, 0.6) is 0 Å². The smallest absolute Gasteiger partial charge is 0.255 e. The largest absolute Gasteiger partial charge is 0.353 e. The van der Waals surface area contributed by atoms with Crippen LogP contribution in [0.15, 0.2) is 48.5 Å². The predicted octanol–water partition coefficient (Wildman–Crippen LogP) is 3.72. The van der Waals surface area contributed by atoms with Gasteiger partial charge in [0.2, 0.25) is 5.91 Å². The van der Waals surface area contributed by atoms with Crippen molar-refractivity contribution >= 4 is 35.0 Å². The molecule has 7 heteroatoms. The third kappa shape index (κ3) is 5.00. The van der Waals surface area contributed by atoms with Crippen molar-refractivity contribution in [1.29, 1.82) is 0 Å². The number of hydrogen-bond donors (Lipinski definition) is 2. The lowest BCUT2D eigenvalue weighted by molar-refractivity contribution is -0.126. The highest BCUT2D eigenvalue weighted by atomic mass is 35.5. The van der Waals surface area contributed by atoms with Gasteiger partial charge in [0.05, 0.1) is 5.92 Å². The second-order valence-corrected chi connectivity index (χ2v) is 8.35. The minimum Gasteiger partial charge on any atom is -0.353 e. The van der Waals surface area contributed by atoms with Crippen LogP contribution in [0.3, 0.4) is 0 Å². The van der Waals surface area contributed by atoms with Gasteiger partial charge in [-0.3, -0.25) is 14.4 Å². The molecule has 2 fully saturated rings. The summed E-state index contributed by atoms with van der Waals surface area (Å²) in [7, 11) is 0. The minimum atomic E-state index is -0.272. The van der Waals surface area contributed by atoms with Gasteiger partial charge >= 0.3 is 0 Å². The number of nitrogens with one attached hydrogen (secondary N) is 2. The summed E-state index contributed by atoms with van der Waals surface area (Å²) in [6, 6.07) is 13.8. The first-order valence-corrected chi connectivity index (χ1v) is 10.6. The number of nitrogens with zero attached hydrogens (tertiary/aromatic N) is 1. The highest BCUT2D eigenvalue weighted by Gasteiger charge is 2.32. The monoisotopic (exact) mass is 425 g/mol. The van der Waals surface area contributed by atoms with Crippen LogP contribution >= 0.6 is 11.6 Å². The summed E-state index contributed by atoms with van der Waals surface area (Å²) >= 11 is 5.86. The molecule has 0 radical (unpaired) electrons. The van der Waals surface area contributed by atoms with Crippen molar-refractivity contribution in [3.8, 4) is 0 Å². The number of piperidine rings is 1. The first-order valence-electron chi connectivity index (χ1n) is 10.3. The molecule has 2 aliphatic rings. The number of hydrogen-bond acceptors (Lipinski definition) is 3. The topological polar surface area (TPSA) is 78.5 Å². The molecule has 0 spiro atoms. The van der Waals surface area contributed by atoms with Gasteiger partial charge in [0.15, 0.2) is 0 Å². The molecule has 156 valence electrons. The normalized spacial score (nSPS) is 18.6. The summed E-state index contributed by atoms with van der Waals surface area (Å²) in [4.78, 5) is 39.6. The maximum Gasteiger partial charge on any atom is 0.255 e. The summed E-state index contributed by atoms with van der Waals surface area (Å²) in [5.74, 6) is -0.498. The van der Waals surface area contributed by atoms with E-state index in [1.165, 1.54) is 0 Å². The molecular formula is C23H24ClN3O3. The molecule has 1 saturated carbocycles. The molecule has 1 atom stereocenters. The van der Waals surface area contributed by atoms with E-state index in [2.05, 4.69) is 10.6 Å². The van der Waals surface area contributed by atoms with Crippen LogP contribution in [-0.4, -0.2) is 41.8 Å². The van der Waals surface area contributed by atoms with Gasteiger partial charge in [-0.2, -0.15) is 0 Å². The fourth-order valence-electron chi connectivity index (χ4n) is 3.64. The van der Waals surface area contributed by atoms with Crippen molar-refractivity contribution in [2.75, 3.05) is 18.4 Å². The van der Waals surface area contributed by atoms with E-state index < -0.39 is 0 Å². The molecule has 3 amide bonds. The molecule has 2 N–H and O–H groups in total. The van der Waals surface area contributed by atoms with Gasteiger partial charge in [-0.25, -0.2) is 0 Å². The molecule has 30 heavy (non-hydrogen) atoms. The first kappa shape index (κ1) is 20.4. The van der Waals surface area contributed by atoms with Crippen LogP contribution in [0.2, 0.25) is 5.02 Å². The molecule has 1 unspecified atom stereocenters. The number of rotatable bonds is 5. The van der Waals surface area contributed by atoms with E-state index in [0.717, 1.165) is 25.7 Å². The van der Waals surface area contributed by atoms with Crippen molar-refractivity contribution in [3.63, 3.8) is 0 Å². The minimum absolute atomic E-state index is 0.0546. The van der Waals surface area contributed by atoms with Gasteiger partial charge in [0.25, 0.3) is 11.8 Å². The number of amides is 3. The Balaban J connectivity index is 1.41. The van der Waals surface area contributed by atoms with E-state index in [1.807, 2.05) is 0 Å². The molecule has 4 rings (SSSR count). The maximum absolute atomic E-state index is 13.0. The standard InChI is InChI=1S/C23H24ClN3O3/c24-18-8-6-15(7-9-18)21(28)26-20-5-1-3-16(13-20)23(30)27-12-2-4-17(14-27)22(29)25-19-10-11-19/h1,3,5-9,13,17,19H,2,4,10-12,14H2,(H,25,29)(H,26,28). The Morgan fingerprint density at radius 3 is 2.47 bits per heavy atom. The molecule has 1 heterocycles. The maximum atomic E-state index is 13.0. The fourth-order valence-corrected chi connectivity index (χ4v) is 3.77. The Hall–Kier alpha value is -2.86. The van der Waals surface area contributed by atoms with Crippen molar-refractivity contribution in [1.82, 2.24) is 10.2 Å². The fraction of sp³-hybridized carbons (Fsp3) is 0.348. The lowest BCUT2D eigenvalue weighted by Gasteiger charge is -2.32. The average Bonchev–Trinajstić information content (AvgIpc) is 3.58. The van der Waals surface area contributed by atoms with Crippen molar-refractivity contribution in [2.24, 2.45) is 5.92 Å². The Kier molecular flexibility index (Phi) is 6.04. The molecule has 0 aromatic heterocycles. The summed E-state index contributed by atoms with van der Waals surface area (Å²) in [5.41, 5.74) is 1.52. The van der Waals surface area contributed by atoms with E-state index in [4.69, 9.17) is 11.6 Å². The Labute approximate surface area is 180 Å². The van der Waals surface area contributed by atoms with Crippen LogP contribution in [0.1, 0.15) is 46.4 Å². The zero-order chi connectivity index (χ0) is 21.1. The zero-order valence-corrected chi connectivity index (χ0v) is 17.3. The second-order valence-electron chi connectivity index (χ2n) is 7.92. The van der Waals surface area contributed by atoms with Crippen LogP contribution in [0.4, 0.5) is 5.69 Å². The quantitative estimate of drug-likeness (QED) is 0.766. The third-order valence-corrected chi connectivity index (χ3v) is 5.73. The van der Waals surface area contributed by atoms with E-state index in [1.54, 1.807) is 53.4 Å². The van der Waals surface area contributed by atoms with Gasteiger partial charge in [0.1, 0.15) is 0 Å². The van der Waals surface area contributed by atoms with Crippen LogP contribution < -0.4 is 10.6 Å². The van der Waals surface area contributed by atoms with E-state index in [0.29, 0.717) is 41.0 Å². The van der Waals surface area contributed by atoms with Gasteiger partial charge in [0, 0.05) is 41.0 Å². The predicted molar refractivity (Wildman–Crippen MR) is 116 cm³/mol. The Morgan fingerprint density at radius 2 is 1.73 bits per heavy atom. The number of carbonyl (C=O) groups excluding carboxylic acids is 3. The molecule has 0 bridgehead atoms. The van der Waals surface area contributed by atoms with Crippen LogP contribution in [-0.2, 0) is 4.79 Å². The highest BCUT2D eigenvalue weighted by molar-refractivity contribution is 6.30. The number of carbonyl (C=O) groups is 3. The number of benzene rings is 2. The third-order valence-electron chi connectivity index (χ3n) is 5.48. The van der Waals surface area contributed by atoms with Crippen LogP contribution in [0, 0.1) is 5.92 Å². The van der Waals surface area contributed by atoms with Crippen LogP contribution in [0.25, 0.3) is 0 Å². The van der Waals surface area contributed by atoms with Crippen molar-refractivity contribution < 1.29 is 14.4 Å². The van der Waals surface area contributed by atoms with E-state index in [9.17, 15) is 14.4 Å². The number of likely N-dealkylation sites (tertiary alicyclic amines) is 1. The number of anilines is 1. The van der Waals surface area contributed by atoms with Gasteiger partial charge in [-0.15, -0.1) is 0 Å². The lowest BCUT2D eigenvalue weighted by Crippen LogP contribution is -2.45. The Bertz CT molecular complexity index is 956. The second kappa shape index (κ2) is 8.88. The summed E-state index contributed by atoms with van der Waals surface area (Å²) < 4.78 is 0. The summed E-state index contributed by atoms with van der Waals surface area (Å²) in [6.45, 7) is 1.06. The van der Waals surface area contributed by atoms with Gasteiger partial charge < -0.3 is 15.5 Å².